The van der Waals surface area contributed by atoms with Gasteiger partial charge in [-0.25, -0.2) is 15.1 Å². The molecule has 330 valence electrons. The van der Waals surface area contributed by atoms with E-state index < -0.39 is 123 Å². The fraction of sp³-hybridized carbons (Fsp3) is 0.541. The van der Waals surface area contributed by atoms with Gasteiger partial charge in [0.05, 0.1) is 52.7 Å². The van der Waals surface area contributed by atoms with Crippen molar-refractivity contribution in [3.05, 3.63) is 35.4 Å². The summed E-state index contributed by atoms with van der Waals surface area (Å²) in [5, 5.41) is 15.7. The molecule has 4 rings (SSSR count). The summed E-state index contributed by atoms with van der Waals surface area (Å²) in [5.41, 5.74) is 12.0. The van der Waals surface area contributed by atoms with Crippen LogP contribution in [0.2, 0.25) is 0 Å². The monoisotopic (exact) mass is 859 g/mol. The second-order valence-corrected chi connectivity index (χ2v) is 16.1. The number of nitrogen functional groups attached to an aromatic ring is 2. The number of likely N-dealkylation sites (tertiary alicyclic amines) is 2. The molecule has 2 saturated heterocycles. The first kappa shape index (κ1) is 46.7. The summed E-state index contributed by atoms with van der Waals surface area (Å²) in [5.74, 6) is -3.47. The number of hydrogen-bond donors (Lipinski definition) is 6. The highest BCUT2D eigenvalue weighted by molar-refractivity contribution is 6.42. The average molecular weight is 860 g/mol. The van der Waals surface area contributed by atoms with Crippen molar-refractivity contribution in [3.63, 3.8) is 0 Å². The van der Waals surface area contributed by atoms with Crippen LogP contribution in [0, 0.1) is 10.9 Å². The van der Waals surface area contributed by atoms with Crippen LogP contribution in [0.15, 0.2) is 29.4 Å². The topological polar surface area (TPSA) is 248 Å². The van der Waals surface area contributed by atoms with Gasteiger partial charge in [0.15, 0.2) is 17.5 Å². The number of carbonyl (C=O) groups excluding carboxylic acids is 4. The van der Waals surface area contributed by atoms with Gasteiger partial charge in [0.2, 0.25) is 0 Å². The molecule has 17 nitrogen and oxygen atoms in total. The zero-order valence-corrected chi connectivity index (χ0v) is 33.5. The maximum Gasteiger partial charge on any atom is 0.416 e. The van der Waals surface area contributed by atoms with Crippen molar-refractivity contribution in [2.75, 3.05) is 48.3 Å². The first-order valence-corrected chi connectivity index (χ1v) is 18.4. The number of carbonyl (C=O) groups is 4. The van der Waals surface area contributed by atoms with Crippen LogP contribution in [0.5, 0.6) is 11.5 Å². The molecule has 3 unspecified atom stereocenters. The standard InChI is InChI=1S/C37H47F6N9O8/c1-34(2,3)59-32(55)51-9-7-20(16-51)57-28-22(44)11-18(36(38,39)40)13-25(28)48-30(53)24(46)15-27(50-47)31(54)49-26-14-19(37(41,42)43)12-23(45)29(26)58-21-8-10-52(17-21)33(56)60-35(4,5)6/h11-14,20-21,27,46-47H,7-10,15-17,44-45H2,1-6H3,(H,48,53)(H,49,54). The molecule has 0 aliphatic carbocycles. The minimum atomic E-state index is -4.95. The number of nitrogens with one attached hydrogen (secondary N) is 4. The second kappa shape index (κ2) is 17.7. The summed E-state index contributed by atoms with van der Waals surface area (Å²) in [6.07, 6.45) is -13.4. The minimum absolute atomic E-state index is 0.0458. The quantitative estimate of drug-likeness (QED) is 0.0581. The molecule has 8 N–H and O–H groups in total. The van der Waals surface area contributed by atoms with E-state index in [0.29, 0.717) is 24.3 Å². The van der Waals surface area contributed by atoms with E-state index in [1.54, 1.807) is 41.5 Å². The number of anilines is 4. The number of halogens is 6. The molecule has 2 fully saturated rings. The highest BCUT2D eigenvalue weighted by atomic mass is 19.4. The lowest BCUT2D eigenvalue weighted by atomic mass is 10.1. The van der Waals surface area contributed by atoms with Crippen LogP contribution < -0.4 is 31.6 Å². The Morgan fingerprint density at radius 2 is 1.15 bits per heavy atom. The lowest BCUT2D eigenvalue weighted by Crippen LogP contribution is -2.36. The number of nitrogens with zero attached hydrogens (tertiary/aromatic N) is 3. The second-order valence-electron chi connectivity index (χ2n) is 16.1. The lowest BCUT2D eigenvalue weighted by Gasteiger charge is -2.25. The van der Waals surface area contributed by atoms with Gasteiger partial charge in [-0.1, -0.05) is 0 Å². The Labute approximate surface area is 340 Å². The van der Waals surface area contributed by atoms with Crippen LogP contribution >= 0.6 is 0 Å². The molecular formula is C37H47F6N9O8. The van der Waals surface area contributed by atoms with Gasteiger partial charge in [-0.15, -0.1) is 0 Å². The smallest absolute Gasteiger partial charge is 0.416 e. The van der Waals surface area contributed by atoms with Crippen LogP contribution in [0.1, 0.15) is 71.9 Å². The van der Waals surface area contributed by atoms with E-state index in [9.17, 15) is 45.5 Å². The number of benzene rings is 2. The van der Waals surface area contributed by atoms with Crippen molar-refractivity contribution in [1.29, 1.82) is 10.9 Å². The minimum Gasteiger partial charge on any atom is -0.484 e. The summed E-state index contributed by atoms with van der Waals surface area (Å²) in [4.78, 5) is 54.4. The predicted molar refractivity (Wildman–Crippen MR) is 204 cm³/mol. The van der Waals surface area contributed by atoms with E-state index in [1.807, 2.05) is 0 Å². The zero-order valence-electron chi connectivity index (χ0n) is 33.5. The lowest BCUT2D eigenvalue weighted by molar-refractivity contribution is -0.138. The van der Waals surface area contributed by atoms with Crippen molar-refractivity contribution in [2.24, 2.45) is 5.11 Å². The largest absolute Gasteiger partial charge is 0.484 e. The maximum absolute atomic E-state index is 13.8. The maximum atomic E-state index is 13.8. The molecule has 0 spiro atoms. The molecule has 0 aromatic heterocycles. The summed E-state index contributed by atoms with van der Waals surface area (Å²) < 4.78 is 105. The zero-order chi connectivity index (χ0) is 45.1. The van der Waals surface area contributed by atoms with Crippen LogP contribution in [0.25, 0.3) is 0 Å². The third-order valence-electron chi connectivity index (χ3n) is 8.69. The van der Waals surface area contributed by atoms with Crippen molar-refractivity contribution in [2.45, 2.75) is 103 Å². The Morgan fingerprint density at radius 1 is 0.750 bits per heavy atom. The normalized spacial score (nSPS) is 17.7. The van der Waals surface area contributed by atoms with Gasteiger partial charge >= 0.3 is 24.5 Å². The van der Waals surface area contributed by atoms with Gasteiger partial charge in [0, 0.05) is 32.4 Å². The first-order chi connectivity index (χ1) is 27.5. The molecule has 2 heterocycles. The molecule has 60 heavy (non-hydrogen) atoms. The molecule has 2 aliphatic heterocycles. The van der Waals surface area contributed by atoms with Gasteiger partial charge in [-0.3, -0.25) is 15.0 Å². The van der Waals surface area contributed by atoms with E-state index in [2.05, 4.69) is 15.7 Å². The number of ether oxygens (including phenoxy) is 4. The van der Waals surface area contributed by atoms with Crippen LogP contribution in [0.4, 0.5) is 58.7 Å². The number of hydrogen-bond acceptors (Lipinski definition) is 13. The van der Waals surface area contributed by atoms with E-state index in [-0.39, 0.29) is 39.0 Å². The summed E-state index contributed by atoms with van der Waals surface area (Å²) >= 11 is 0. The van der Waals surface area contributed by atoms with E-state index in [0.717, 1.165) is 0 Å². The highest BCUT2D eigenvalue weighted by Crippen LogP contribution is 2.42. The summed E-state index contributed by atoms with van der Waals surface area (Å²) in [6.45, 7) is 10.2. The Balaban J connectivity index is 1.52. The molecule has 3 atom stereocenters. The highest BCUT2D eigenvalue weighted by Gasteiger charge is 2.38. The third-order valence-corrected chi connectivity index (χ3v) is 8.69. The van der Waals surface area contributed by atoms with Crippen molar-refractivity contribution >= 4 is 52.5 Å². The molecule has 2 aromatic rings. The molecule has 2 aromatic carbocycles. The Morgan fingerprint density at radius 3 is 1.52 bits per heavy atom. The fourth-order valence-corrected chi connectivity index (χ4v) is 5.94. The number of nitrogens with two attached hydrogens (primary N) is 2. The molecule has 23 heteroatoms. The Hall–Kier alpha value is -6.03. The van der Waals surface area contributed by atoms with E-state index in [1.165, 1.54) is 9.80 Å². The summed E-state index contributed by atoms with van der Waals surface area (Å²) in [6, 6.07) is 0.228. The van der Waals surface area contributed by atoms with Crippen LogP contribution in [0.3, 0.4) is 0 Å². The fourth-order valence-electron chi connectivity index (χ4n) is 5.94. The molecule has 4 amide bonds. The first-order valence-electron chi connectivity index (χ1n) is 18.4. The van der Waals surface area contributed by atoms with Gasteiger partial charge < -0.3 is 50.8 Å². The Bertz CT molecular complexity index is 2000. The number of amides is 4. The molecule has 2 aliphatic rings. The van der Waals surface area contributed by atoms with Crippen molar-refractivity contribution in [3.8, 4) is 11.5 Å². The van der Waals surface area contributed by atoms with Gasteiger partial charge in [-0.05, 0) is 65.8 Å². The van der Waals surface area contributed by atoms with Crippen LogP contribution in [-0.2, 0) is 31.4 Å². The van der Waals surface area contributed by atoms with E-state index >= 15 is 0 Å². The molecular weight excluding hydrogens is 812 g/mol. The van der Waals surface area contributed by atoms with Gasteiger partial charge in [-0.2, -0.15) is 31.5 Å². The third kappa shape index (κ3) is 12.5. The predicted octanol–water partition coefficient (Wildman–Crippen LogP) is 7.05. The van der Waals surface area contributed by atoms with E-state index in [4.69, 9.17) is 41.4 Å². The van der Waals surface area contributed by atoms with Gasteiger partial charge in [0.1, 0.15) is 23.4 Å². The van der Waals surface area contributed by atoms with Crippen molar-refractivity contribution < 1.29 is 64.5 Å². The SMILES string of the molecule is CC(C)(C)OC(=O)N1CCC(Oc2c(N)cc(C(F)(F)F)cc2NC(=O)C(=N)CC(N=N)C(=O)Nc2cc(C(F)(F)F)cc(N)c2OC2CCN(C(=O)OC(C)(C)C)C2)C1. The number of alkyl halides is 6. The van der Waals surface area contributed by atoms with Crippen LogP contribution in [-0.4, -0.2) is 95.1 Å². The molecule has 0 radical (unpaired) electrons. The van der Waals surface area contributed by atoms with Gasteiger partial charge in [0.25, 0.3) is 11.8 Å². The summed E-state index contributed by atoms with van der Waals surface area (Å²) in [7, 11) is 0. The van der Waals surface area contributed by atoms with Crippen molar-refractivity contribution in [1.82, 2.24) is 9.80 Å². The molecule has 0 saturated carbocycles. The Kier molecular flexibility index (Phi) is 13.7. The number of rotatable bonds is 11. The molecule has 0 bridgehead atoms. The average Bonchev–Trinajstić information content (AvgIpc) is 3.77.